The fraction of sp³-hybridized carbons (Fsp3) is 0.667. The summed E-state index contributed by atoms with van der Waals surface area (Å²) in [6, 6.07) is 8.15. The molecule has 1 aromatic rings. The summed E-state index contributed by atoms with van der Waals surface area (Å²) < 4.78 is 12.2. The van der Waals surface area contributed by atoms with Crippen molar-refractivity contribution in [2.24, 2.45) is 5.92 Å². The predicted octanol–water partition coefficient (Wildman–Crippen LogP) is 3.78. The molecule has 0 radical (unpaired) electrons. The summed E-state index contributed by atoms with van der Waals surface area (Å²) >= 11 is 0. The lowest BCUT2D eigenvalue weighted by Crippen LogP contribution is -2.33. The molecule has 3 rings (SSSR count). The van der Waals surface area contributed by atoms with E-state index in [1.807, 2.05) is 24.3 Å². The fourth-order valence-corrected chi connectivity index (χ4v) is 3.30. The summed E-state index contributed by atoms with van der Waals surface area (Å²) in [7, 11) is 0. The maximum absolute atomic E-state index is 6.19. The first-order valence-electron chi connectivity index (χ1n) is 8.51. The number of benzene rings is 1. The van der Waals surface area contributed by atoms with Crippen LogP contribution in [0.2, 0.25) is 0 Å². The molecule has 0 amide bonds. The number of hydrogen-bond donors (Lipinski definition) is 1. The maximum Gasteiger partial charge on any atom is 0.161 e. The van der Waals surface area contributed by atoms with E-state index in [-0.39, 0.29) is 0 Å². The second-order valence-electron chi connectivity index (χ2n) is 6.35. The second-order valence-corrected chi connectivity index (χ2v) is 6.35. The Labute approximate surface area is 128 Å². The van der Waals surface area contributed by atoms with Gasteiger partial charge in [0.1, 0.15) is 0 Å². The number of rotatable bonds is 5. The van der Waals surface area contributed by atoms with Crippen LogP contribution in [0, 0.1) is 5.92 Å². The van der Waals surface area contributed by atoms with Gasteiger partial charge in [0.25, 0.3) is 0 Å². The zero-order valence-electron chi connectivity index (χ0n) is 12.9. The van der Waals surface area contributed by atoms with Crippen LogP contribution < -0.4 is 14.8 Å². The molecule has 1 heterocycles. The van der Waals surface area contributed by atoms with E-state index in [1.54, 1.807) is 0 Å². The van der Waals surface area contributed by atoms with E-state index in [1.165, 1.54) is 44.9 Å². The Morgan fingerprint density at radius 3 is 2.52 bits per heavy atom. The molecule has 1 unspecified atom stereocenters. The maximum atomic E-state index is 6.19. The highest BCUT2D eigenvalue weighted by Crippen LogP contribution is 2.31. The molecule has 21 heavy (non-hydrogen) atoms. The van der Waals surface area contributed by atoms with Crippen molar-refractivity contribution in [3.63, 3.8) is 0 Å². The molecular formula is C18H27NO2. The van der Waals surface area contributed by atoms with Crippen LogP contribution in [-0.2, 0) is 0 Å². The van der Waals surface area contributed by atoms with Crippen LogP contribution in [0.3, 0.4) is 0 Å². The highest BCUT2D eigenvalue weighted by molar-refractivity contribution is 5.39. The van der Waals surface area contributed by atoms with Gasteiger partial charge < -0.3 is 14.8 Å². The zero-order valence-corrected chi connectivity index (χ0v) is 12.9. The van der Waals surface area contributed by atoms with Gasteiger partial charge in [0, 0.05) is 12.5 Å². The smallest absolute Gasteiger partial charge is 0.161 e. The van der Waals surface area contributed by atoms with Gasteiger partial charge in [-0.05, 0) is 57.2 Å². The molecule has 116 valence electrons. The van der Waals surface area contributed by atoms with Crippen molar-refractivity contribution in [2.45, 2.75) is 51.0 Å². The molecular weight excluding hydrogens is 262 g/mol. The van der Waals surface area contributed by atoms with Crippen molar-refractivity contribution < 1.29 is 9.47 Å². The van der Waals surface area contributed by atoms with Crippen molar-refractivity contribution in [3.05, 3.63) is 24.3 Å². The number of ether oxygens (including phenoxy) is 2. The summed E-state index contributed by atoms with van der Waals surface area (Å²) in [5.74, 6) is 2.46. The standard InChI is InChI=1S/C18H27NO2/c1-2-8-16(9-3-1)21-18-11-5-4-10-17(18)20-14-15-7-6-12-19-13-15/h4-5,10-11,15-16,19H,1-3,6-9,12-14H2. The van der Waals surface area contributed by atoms with Gasteiger partial charge in [0.2, 0.25) is 0 Å². The van der Waals surface area contributed by atoms with Gasteiger partial charge in [-0.2, -0.15) is 0 Å². The van der Waals surface area contributed by atoms with E-state index >= 15 is 0 Å². The van der Waals surface area contributed by atoms with Crippen molar-refractivity contribution in [1.29, 1.82) is 0 Å². The normalized spacial score (nSPS) is 23.7. The average Bonchev–Trinajstić information content (AvgIpc) is 2.56. The Balaban J connectivity index is 1.56. The van der Waals surface area contributed by atoms with Crippen molar-refractivity contribution in [1.82, 2.24) is 5.32 Å². The molecule has 2 fully saturated rings. The first kappa shape index (κ1) is 14.7. The quantitative estimate of drug-likeness (QED) is 0.895. The summed E-state index contributed by atoms with van der Waals surface area (Å²) in [6.45, 7) is 3.02. The van der Waals surface area contributed by atoms with Crippen LogP contribution in [0.4, 0.5) is 0 Å². The third-order valence-corrected chi connectivity index (χ3v) is 4.57. The van der Waals surface area contributed by atoms with Gasteiger partial charge in [-0.25, -0.2) is 0 Å². The summed E-state index contributed by atoms with van der Waals surface area (Å²) in [5.41, 5.74) is 0. The molecule has 1 N–H and O–H groups in total. The van der Waals surface area contributed by atoms with E-state index in [0.717, 1.165) is 31.2 Å². The number of piperidine rings is 1. The van der Waals surface area contributed by atoms with E-state index < -0.39 is 0 Å². The van der Waals surface area contributed by atoms with Crippen molar-refractivity contribution in [3.8, 4) is 11.5 Å². The highest BCUT2D eigenvalue weighted by atomic mass is 16.5. The SMILES string of the molecule is c1ccc(OC2CCCCC2)c(OCC2CCCNC2)c1. The number of para-hydroxylation sites is 2. The molecule has 0 spiro atoms. The fourth-order valence-electron chi connectivity index (χ4n) is 3.30. The molecule has 1 aromatic carbocycles. The minimum atomic E-state index is 0.375. The lowest BCUT2D eigenvalue weighted by molar-refractivity contribution is 0.142. The minimum Gasteiger partial charge on any atom is -0.489 e. The summed E-state index contributed by atoms with van der Waals surface area (Å²) in [4.78, 5) is 0. The molecule has 1 saturated heterocycles. The molecule has 1 aliphatic heterocycles. The molecule has 3 heteroatoms. The molecule has 1 saturated carbocycles. The molecule has 1 aliphatic carbocycles. The van der Waals surface area contributed by atoms with Crippen LogP contribution in [0.25, 0.3) is 0 Å². The van der Waals surface area contributed by atoms with Gasteiger partial charge in [-0.15, -0.1) is 0 Å². The predicted molar refractivity (Wildman–Crippen MR) is 85.0 cm³/mol. The Bertz CT molecular complexity index is 423. The van der Waals surface area contributed by atoms with Crippen LogP contribution >= 0.6 is 0 Å². The minimum absolute atomic E-state index is 0.375. The number of nitrogens with one attached hydrogen (secondary N) is 1. The summed E-state index contributed by atoms with van der Waals surface area (Å²) in [6.07, 6.45) is 9.20. The largest absolute Gasteiger partial charge is 0.489 e. The van der Waals surface area contributed by atoms with Crippen LogP contribution in [0.5, 0.6) is 11.5 Å². The number of hydrogen-bond acceptors (Lipinski definition) is 3. The van der Waals surface area contributed by atoms with Crippen LogP contribution in [0.15, 0.2) is 24.3 Å². The van der Waals surface area contributed by atoms with Gasteiger partial charge in [-0.3, -0.25) is 0 Å². The third kappa shape index (κ3) is 4.37. The second kappa shape index (κ2) is 7.69. The first-order chi connectivity index (χ1) is 10.4. The van der Waals surface area contributed by atoms with E-state index in [2.05, 4.69) is 5.32 Å². The van der Waals surface area contributed by atoms with Crippen LogP contribution in [-0.4, -0.2) is 25.8 Å². The average molecular weight is 289 g/mol. The lowest BCUT2D eigenvalue weighted by atomic mass is 9.98. The highest BCUT2D eigenvalue weighted by Gasteiger charge is 2.18. The summed E-state index contributed by atoms with van der Waals surface area (Å²) in [5, 5.41) is 3.44. The van der Waals surface area contributed by atoms with E-state index in [9.17, 15) is 0 Å². The molecule has 1 atom stereocenters. The Kier molecular flexibility index (Phi) is 5.39. The van der Waals surface area contributed by atoms with Gasteiger partial charge in [0.15, 0.2) is 11.5 Å². The zero-order chi connectivity index (χ0) is 14.3. The van der Waals surface area contributed by atoms with Crippen molar-refractivity contribution >= 4 is 0 Å². The topological polar surface area (TPSA) is 30.5 Å². The van der Waals surface area contributed by atoms with E-state index in [0.29, 0.717) is 12.0 Å². The lowest BCUT2D eigenvalue weighted by Gasteiger charge is -2.26. The van der Waals surface area contributed by atoms with Gasteiger partial charge in [-0.1, -0.05) is 18.6 Å². The first-order valence-corrected chi connectivity index (χ1v) is 8.51. The molecule has 2 aliphatic rings. The van der Waals surface area contributed by atoms with E-state index in [4.69, 9.17) is 9.47 Å². The van der Waals surface area contributed by atoms with Gasteiger partial charge in [0.05, 0.1) is 12.7 Å². The molecule has 3 nitrogen and oxygen atoms in total. The van der Waals surface area contributed by atoms with Gasteiger partial charge >= 0.3 is 0 Å². The third-order valence-electron chi connectivity index (χ3n) is 4.57. The van der Waals surface area contributed by atoms with Crippen LogP contribution in [0.1, 0.15) is 44.9 Å². The molecule has 0 bridgehead atoms. The Hall–Kier alpha value is -1.22. The monoisotopic (exact) mass is 289 g/mol. The Morgan fingerprint density at radius 2 is 1.76 bits per heavy atom. The van der Waals surface area contributed by atoms with Crippen molar-refractivity contribution in [2.75, 3.05) is 19.7 Å². The Morgan fingerprint density at radius 1 is 0.952 bits per heavy atom. The molecule has 0 aromatic heterocycles.